The summed E-state index contributed by atoms with van der Waals surface area (Å²) >= 11 is 0. The Bertz CT molecular complexity index is 2770. The Morgan fingerprint density at radius 2 is 0.922 bits per heavy atom. The average molecular weight is 650 g/mol. The van der Waals surface area contributed by atoms with E-state index in [0.29, 0.717) is 0 Å². The zero-order valence-corrected chi connectivity index (χ0v) is 27.8. The van der Waals surface area contributed by atoms with Crippen molar-refractivity contribution in [2.45, 2.75) is 5.41 Å². The maximum absolute atomic E-state index is 7.11. The minimum atomic E-state index is -0.573. The number of anilines is 3. The Labute approximate surface area is 296 Å². The van der Waals surface area contributed by atoms with Gasteiger partial charge in [0.15, 0.2) is 5.58 Å². The van der Waals surface area contributed by atoms with Crippen molar-refractivity contribution in [2.24, 2.45) is 0 Å². The van der Waals surface area contributed by atoms with Crippen LogP contribution in [0.1, 0.15) is 22.3 Å². The van der Waals surface area contributed by atoms with E-state index >= 15 is 0 Å². The van der Waals surface area contributed by atoms with Crippen molar-refractivity contribution >= 4 is 39.0 Å². The summed E-state index contributed by atoms with van der Waals surface area (Å²) in [6.07, 6.45) is 0. The molecule has 0 saturated heterocycles. The number of hydrogen-bond donors (Lipinski definition) is 0. The molecular weight excluding hydrogens is 619 g/mol. The van der Waals surface area contributed by atoms with E-state index in [0.717, 1.165) is 50.1 Å². The van der Waals surface area contributed by atoms with Gasteiger partial charge in [0.1, 0.15) is 5.58 Å². The van der Waals surface area contributed by atoms with Crippen LogP contribution in [0, 0.1) is 0 Å². The molecule has 1 aromatic heterocycles. The fraction of sp³-hybridized carbons (Fsp3) is 0.0204. The number of benzene rings is 8. The molecule has 0 fully saturated rings. The summed E-state index contributed by atoms with van der Waals surface area (Å²) in [5.74, 6) is 0. The first-order chi connectivity index (χ1) is 25.3. The Balaban J connectivity index is 1.38. The van der Waals surface area contributed by atoms with Crippen molar-refractivity contribution in [1.82, 2.24) is 0 Å². The summed E-state index contributed by atoms with van der Waals surface area (Å²) in [4.78, 5) is 2.48. The lowest BCUT2D eigenvalue weighted by Gasteiger charge is -2.36. The van der Waals surface area contributed by atoms with E-state index in [1.807, 2.05) is 0 Å². The standard InChI is InChI=1S/C49H31NO/c1-3-17-32(18-4-1)34-21-10-15-29-44(34)50(33-19-5-2-6-20-33)47-46-39(31-40-38-25-11-16-30-45(38)51-48(40)47)37-24-9-14-28-43(37)49(46)41-26-12-7-22-35(41)36-23-8-13-27-42(36)49/h1-31H. The van der Waals surface area contributed by atoms with Crippen LogP contribution in [0.4, 0.5) is 17.1 Å². The number of para-hydroxylation sites is 3. The molecule has 1 spiro atoms. The van der Waals surface area contributed by atoms with Crippen LogP contribution in [0.2, 0.25) is 0 Å². The molecule has 1 heterocycles. The first kappa shape index (κ1) is 28.2. The maximum Gasteiger partial charge on any atom is 0.159 e. The first-order valence-electron chi connectivity index (χ1n) is 17.6. The summed E-state index contributed by atoms with van der Waals surface area (Å²) in [5.41, 5.74) is 17.0. The third-order valence-corrected chi connectivity index (χ3v) is 11.1. The Hall–Kier alpha value is -6.64. The van der Waals surface area contributed by atoms with Gasteiger partial charge in [0.2, 0.25) is 0 Å². The van der Waals surface area contributed by atoms with Gasteiger partial charge in [0.05, 0.1) is 16.8 Å². The molecule has 11 rings (SSSR count). The van der Waals surface area contributed by atoms with Gasteiger partial charge in [-0.25, -0.2) is 0 Å². The highest BCUT2D eigenvalue weighted by atomic mass is 16.3. The fourth-order valence-corrected chi connectivity index (χ4v) is 9.12. The molecule has 51 heavy (non-hydrogen) atoms. The van der Waals surface area contributed by atoms with Crippen LogP contribution in [0.15, 0.2) is 192 Å². The highest BCUT2D eigenvalue weighted by Gasteiger charge is 2.54. The van der Waals surface area contributed by atoms with Crippen LogP contribution in [0.3, 0.4) is 0 Å². The van der Waals surface area contributed by atoms with Gasteiger partial charge in [-0.3, -0.25) is 0 Å². The van der Waals surface area contributed by atoms with Crippen molar-refractivity contribution in [3.05, 3.63) is 210 Å². The van der Waals surface area contributed by atoms with Crippen LogP contribution in [0.5, 0.6) is 0 Å². The van der Waals surface area contributed by atoms with Gasteiger partial charge in [-0.15, -0.1) is 0 Å². The largest absolute Gasteiger partial charge is 0.454 e. The molecule has 2 aliphatic carbocycles. The molecule has 2 nitrogen and oxygen atoms in total. The maximum atomic E-state index is 7.11. The van der Waals surface area contributed by atoms with E-state index in [9.17, 15) is 0 Å². The lowest BCUT2D eigenvalue weighted by molar-refractivity contribution is 0.667. The molecule has 238 valence electrons. The smallest absolute Gasteiger partial charge is 0.159 e. The zero-order chi connectivity index (χ0) is 33.5. The van der Waals surface area contributed by atoms with E-state index in [1.165, 1.54) is 44.5 Å². The van der Waals surface area contributed by atoms with Gasteiger partial charge in [-0.05, 0) is 74.8 Å². The molecule has 0 amide bonds. The predicted molar refractivity (Wildman–Crippen MR) is 210 cm³/mol. The third-order valence-electron chi connectivity index (χ3n) is 11.1. The Kier molecular flexibility index (Phi) is 5.91. The van der Waals surface area contributed by atoms with Crippen LogP contribution < -0.4 is 4.90 Å². The Morgan fingerprint density at radius 3 is 1.59 bits per heavy atom. The quantitative estimate of drug-likeness (QED) is 0.189. The molecule has 2 aliphatic rings. The van der Waals surface area contributed by atoms with Crippen molar-refractivity contribution < 1.29 is 4.42 Å². The van der Waals surface area contributed by atoms with Gasteiger partial charge < -0.3 is 9.32 Å². The number of hydrogen-bond acceptors (Lipinski definition) is 2. The van der Waals surface area contributed by atoms with Gasteiger partial charge >= 0.3 is 0 Å². The number of nitrogens with zero attached hydrogens (tertiary/aromatic N) is 1. The molecule has 0 unspecified atom stereocenters. The second kappa shape index (κ2) is 10.7. The monoisotopic (exact) mass is 649 g/mol. The average Bonchev–Trinajstić information content (AvgIpc) is 3.83. The van der Waals surface area contributed by atoms with E-state index in [1.54, 1.807) is 0 Å². The third kappa shape index (κ3) is 3.76. The van der Waals surface area contributed by atoms with Gasteiger partial charge in [0.25, 0.3) is 0 Å². The van der Waals surface area contributed by atoms with E-state index in [4.69, 9.17) is 4.42 Å². The van der Waals surface area contributed by atoms with Crippen LogP contribution in [-0.2, 0) is 5.41 Å². The van der Waals surface area contributed by atoms with Gasteiger partial charge in [-0.1, -0.05) is 158 Å². The SMILES string of the molecule is c1ccc(-c2ccccc2N(c2ccccc2)c2c3c(cc4c2oc2ccccc24)-c2ccccc2C32c3ccccc3-c3ccccc32)cc1. The van der Waals surface area contributed by atoms with Crippen molar-refractivity contribution in [2.75, 3.05) is 4.90 Å². The highest BCUT2D eigenvalue weighted by Crippen LogP contribution is 2.67. The number of furan rings is 1. The molecule has 9 aromatic rings. The van der Waals surface area contributed by atoms with E-state index in [2.05, 4.69) is 193 Å². The van der Waals surface area contributed by atoms with Gasteiger partial charge in [0, 0.05) is 27.6 Å². The summed E-state index contributed by atoms with van der Waals surface area (Å²) in [5, 5.41) is 2.23. The second-order valence-electron chi connectivity index (χ2n) is 13.6. The first-order valence-corrected chi connectivity index (χ1v) is 17.6. The summed E-state index contributed by atoms with van der Waals surface area (Å²) in [6, 6.07) is 68.3. The second-order valence-corrected chi connectivity index (χ2v) is 13.6. The minimum Gasteiger partial charge on any atom is -0.454 e. The molecule has 0 aliphatic heterocycles. The fourth-order valence-electron chi connectivity index (χ4n) is 9.12. The lowest BCUT2D eigenvalue weighted by Crippen LogP contribution is -2.28. The minimum absolute atomic E-state index is 0.573. The highest BCUT2D eigenvalue weighted by molar-refractivity contribution is 6.16. The molecule has 0 bridgehead atoms. The molecule has 0 saturated carbocycles. The number of rotatable bonds is 4. The van der Waals surface area contributed by atoms with Crippen LogP contribution in [-0.4, -0.2) is 0 Å². The van der Waals surface area contributed by atoms with Crippen molar-refractivity contribution in [3.8, 4) is 33.4 Å². The summed E-state index contributed by atoms with van der Waals surface area (Å²) < 4.78 is 7.11. The van der Waals surface area contributed by atoms with Crippen LogP contribution in [0.25, 0.3) is 55.3 Å². The topological polar surface area (TPSA) is 16.4 Å². The predicted octanol–water partition coefficient (Wildman–Crippen LogP) is 13.1. The van der Waals surface area contributed by atoms with Crippen molar-refractivity contribution in [1.29, 1.82) is 0 Å². The lowest BCUT2D eigenvalue weighted by atomic mass is 9.69. The van der Waals surface area contributed by atoms with Crippen LogP contribution >= 0.6 is 0 Å². The summed E-state index contributed by atoms with van der Waals surface area (Å²) in [6.45, 7) is 0. The van der Waals surface area contributed by atoms with Gasteiger partial charge in [-0.2, -0.15) is 0 Å². The molecule has 8 aromatic carbocycles. The molecular formula is C49H31NO. The molecule has 2 heteroatoms. The van der Waals surface area contributed by atoms with Crippen molar-refractivity contribution in [3.63, 3.8) is 0 Å². The Morgan fingerprint density at radius 1 is 0.412 bits per heavy atom. The normalized spacial score (nSPS) is 13.3. The molecule has 0 radical (unpaired) electrons. The number of fused-ring (bicyclic) bond motifs is 13. The molecule has 0 atom stereocenters. The molecule has 0 N–H and O–H groups in total. The van der Waals surface area contributed by atoms with E-state index in [-0.39, 0.29) is 0 Å². The zero-order valence-electron chi connectivity index (χ0n) is 27.8. The summed E-state index contributed by atoms with van der Waals surface area (Å²) in [7, 11) is 0. The van der Waals surface area contributed by atoms with E-state index < -0.39 is 5.41 Å².